The highest BCUT2D eigenvalue weighted by atomic mass is 32.1. The van der Waals surface area contributed by atoms with Gasteiger partial charge in [-0.3, -0.25) is 10.4 Å². The monoisotopic (exact) mass is 368 g/mol. The van der Waals surface area contributed by atoms with E-state index in [2.05, 4.69) is 20.8 Å². The molecule has 1 unspecified atom stereocenters. The highest BCUT2D eigenvalue weighted by molar-refractivity contribution is 7.80. The maximum Gasteiger partial charge on any atom is 0.335 e. The summed E-state index contributed by atoms with van der Waals surface area (Å²) in [7, 11) is 0. The van der Waals surface area contributed by atoms with Gasteiger partial charge in [0, 0.05) is 29.2 Å². The van der Waals surface area contributed by atoms with E-state index in [-0.39, 0.29) is 11.5 Å². The Morgan fingerprint density at radius 2 is 2.04 bits per heavy atom. The number of carbonyl (C=O) groups is 1. The molecule has 1 aromatic carbocycles. The molecule has 2 aromatic rings. The number of benzene rings is 1. The first-order valence-corrected chi connectivity index (χ1v) is 8.92. The molecule has 0 saturated heterocycles. The number of aromatic nitrogens is 1. The van der Waals surface area contributed by atoms with Crippen molar-refractivity contribution in [1.29, 1.82) is 0 Å². The second-order valence-electron chi connectivity index (χ2n) is 6.11. The van der Waals surface area contributed by atoms with Crippen molar-refractivity contribution in [2.75, 3.05) is 5.32 Å². The van der Waals surface area contributed by atoms with Gasteiger partial charge in [-0.25, -0.2) is 4.79 Å². The number of hydrazone groups is 1. The SMILES string of the molecule is O=C(O)c1ccnc(C2CCCCC2=NNC(=S)Nc2ccccc2)c1. The van der Waals surface area contributed by atoms with Crippen LogP contribution in [0.4, 0.5) is 5.69 Å². The highest BCUT2D eigenvalue weighted by Gasteiger charge is 2.24. The zero-order valence-corrected chi connectivity index (χ0v) is 15.0. The lowest BCUT2D eigenvalue weighted by Gasteiger charge is -2.24. The van der Waals surface area contributed by atoms with Crippen molar-refractivity contribution in [1.82, 2.24) is 10.4 Å². The number of para-hydroxylation sites is 1. The van der Waals surface area contributed by atoms with Crippen molar-refractivity contribution in [3.05, 3.63) is 59.9 Å². The minimum Gasteiger partial charge on any atom is -0.478 e. The number of carboxylic acid groups (broad SMARTS) is 1. The van der Waals surface area contributed by atoms with Gasteiger partial charge in [0.05, 0.1) is 5.56 Å². The first-order chi connectivity index (χ1) is 12.6. The van der Waals surface area contributed by atoms with Crippen LogP contribution in [-0.4, -0.2) is 26.9 Å². The maximum atomic E-state index is 11.2. The number of rotatable bonds is 4. The van der Waals surface area contributed by atoms with Crippen LogP contribution in [-0.2, 0) is 0 Å². The summed E-state index contributed by atoms with van der Waals surface area (Å²) in [5, 5.41) is 17.2. The minimum absolute atomic E-state index is 0.00933. The summed E-state index contributed by atoms with van der Waals surface area (Å²) in [4.78, 5) is 15.6. The normalized spacial score (nSPS) is 18.3. The molecule has 0 radical (unpaired) electrons. The molecule has 0 aliphatic heterocycles. The molecule has 134 valence electrons. The number of pyridine rings is 1. The fourth-order valence-electron chi connectivity index (χ4n) is 3.02. The lowest BCUT2D eigenvalue weighted by atomic mass is 9.84. The third-order valence-corrected chi connectivity index (χ3v) is 4.49. The second kappa shape index (κ2) is 8.53. The molecule has 3 rings (SSSR count). The van der Waals surface area contributed by atoms with Crippen molar-refractivity contribution in [3.63, 3.8) is 0 Å². The van der Waals surface area contributed by atoms with Crippen LogP contribution in [0.5, 0.6) is 0 Å². The van der Waals surface area contributed by atoms with Crippen LogP contribution in [0.15, 0.2) is 53.8 Å². The number of nitrogens with one attached hydrogen (secondary N) is 2. The van der Waals surface area contributed by atoms with Gasteiger partial charge in [-0.15, -0.1) is 0 Å². The zero-order chi connectivity index (χ0) is 18.4. The van der Waals surface area contributed by atoms with Crippen LogP contribution in [0.3, 0.4) is 0 Å². The lowest BCUT2D eigenvalue weighted by molar-refractivity contribution is 0.0696. The van der Waals surface area contributed by atoms with Gasteiger partial charge in [-0.1, -0.05) is 24.6 Å². The predicted octanol–water partition coefficient (Wildman–Crippen LogP) is 3.78. The summed E-state index contributed by atoms with van der Waals surface area (Å²) in [6, 6.07) is 12.8. The van der Waals surface area contributed by atoms with Gasteiger partial charge in [0.25, 0.3) is 0 Å². The fraction of sp³-hybridized carbons (Fsp3) is 0.263. The Kier molecular flexibility index (Phi) is 5.91. The summed E-state index contributed by atoms with van der Waals surface area (Å²) < 4.78 is 0. The third kappa shape index (κ3) is 4.64. The van der Waals surface area contributed by atoms with Crippen LogP contribution < -0.4 is 10.7 Å². The lowest BCUT2D eigenvalue weighted by Crippen LogP contribution is -2.28. The highest BCUT2D eigenvalue weighted by Crippen LogP contribution is 2.30. The van der Waals surface area contributed by atoms with Crippen LogP contribution in [0.25, 0.3) is 0 Å². The first kappa shape index (κ1) is 18.0. The van der Waals surface area contributed by atoms with Gasteiger partial charge in [0.1, 0.15) is 0 Å². The van der Waals surface area contributed by atoms with Crippen molar-refractivity contribution in [3.8, 4) is 0 Å². The van der Waals surface area contributed by atoms with Crippen molar-refractivity contribution in [2.45, 2.75) is 31.6 Å². The molecule has 1 heterocycles. The Balaban J connectivity index is 1.72. The van der Waals surface area contributed by atoms with E-state index in [0.29, 0.717) is 5.11 Å². The molecule has 26 heavy (non-hydrogen) atoms. The predicted molar refractivity (Wildman–Crippen MR) is 106 cm³/mol. The first-order valence-electron chi connectivity index (χ1n) is 8.51. The zero-order valence-electron chi connectivity index (χ0n) is 14.2. The maximum absolute atomic E-state index is 11.2. The second-order valence-corrected chi connectivity index (χ2v) is 6.52. The van der Waals surface area contributed by atoms with Gasteiger partial charge < -0.3 is 10.4 Å². The summed E-state index contributed by atoms with van der Waals surface area (Å²) in [5.41, 5.74) is 5.73. The van der Waals surface area contributed by atoms with E-state index in [9.17, 15) is 9.90 Å². The molecule has 1 aliphatic rings. The van der Waals surface area contributed by atoms with Gasteiger partial charge in [-0.05, 0) is 55.7 Å². The summed E-state index contributed by atoms with van der Waals surface area (Å²) >= 11 is 5.29. The molecule has 1 aliphatic carbocycles. The average Bonchev–Trinajstić information content (AvgIpc) is 2.67. The topological polar surface area (TPSA) is 86.6 Å². The van der Waals surface area contributed by atoms with Crippen LogP contribution in [0, 0.1) is 0 Å². The molecule has 1 saturated carbocycles. The molecule has 1 aromatic heterocycles. The third-order valence-electron chi connectivity index (χ3n) is 4.30. The van der Waals surface area contributed by atoms with E-state index < -0.39 is 5.97 Å². The molecule has 7 heteroatoms. The summed E-state index contributed by atoms with van der Waals surface area (Å²) in [6.07, 6.45) is 5.39. The number of anilines is 1. The Morgan fingerprint density at radius 1 is 1.23 bits per heavy atom. The standard InChI is InChI=1S/C19H20N4O2S/c24-18(25)13-10-11-20-17(12-13)15-8-4-5-9-16(15)22-23-19(26)21-14-6-2-1-3-7-14/h1-3,6-7,10-12,15H,4-5,8-9H2,(H,24,25)(H2,21,23,26). The Labute approximate surface area is 157 Å². The van der Waals surface area contributed by atoms with Crippen molar-refractivity contribution in [2.24, 2.45) is 5.10 Å². The molecular formula is C19H20N4O2S. The van der Waals surface area contributed by atoms with E-state index in [0.717, 1.165) is 42.8 Å². The van der Waals surface area contributed by atoms with Gasteiger partial charge in [0.15, 0.2) is 5.11 Å². The van der Waals surface area contributed by atoms with E-state index in [4.69, 9.17) is 12.2 Å². The molecule has 0 amide bonds. The quantitative estimate of drug-likeness (QED) is 0.562. The van der Waals surface area contributed by atoms with E-state index in [1.807, 2.05) is 30.3 Å². The number of hydrogen-bond acceptors (Lipinski definition) is 4. The Hall–Kier alpha value is -2.80. The van der Waals surface area contributed by atoms with E-state index in [1.54, 1.807) is 12.3 Å². The molecular weight excluding hydrogens is 348 g/mol. The van der Waals surface area contributed by atoms with E-state index >= 15 is 0 Å². The van der Waals surface area contributed by atoms with E-state index in [1.165, 1.54) is 6.07 Å². The van der Waals surface area contributed by atoms with Crippen molar-refractivity contribution < 1.29 is 9.90 Å². The number of aromatic carboxylic acids is 1. The number of nitrogens with zero attached hydrogens (tertiary/aromatic N) is 2. The number of carboxylic acids is 1. The molecule has 3 N–H and O–H groups in total. The van der Waals surface area contributed by atoms with Gasteiger partial charge in [-0.2, -0.15) is 5.10 Å². The summed E-state index contributed by atoms with van der Waals surface area (Å²) in [5.74, 6) is -0.940. The van der Waals surface area contributed by atoms with Crippen LogP contribution in [0.2, 0.25) is 0 Å². The molecule has 1 atom stereocenters. The largest absolute Gasteiger partial charge is 0.478 e. The molecule has 1 fully saturated rings. The van der Waals surface area contributed by atoms with Crippen LogP contribution in [0.1, 0.15) is 47.7 Å². The Bertz CT molecular complexity index is 823. The molecule has 6 nitrogen and oxygen atoms in total. The van der Waals surface area contributed by atoms with Crippen LogP contribution >= 0.6 is 12.2 Å². The number of thiocarbonyl (C=S) groups is 1. The van der Waals surface area contributed by atoms with Gasteiger partial charge in [0.2, 0.25) is 0 Å². The van der Waals surface area contributed by atoms with Crippen molar-refractivity contribution >= 4 is 34.7 Å². The number of hydrogen-bond donors (Lipinski definition) is 3. The average molecular weight is 368 g/mol. The summed E-state index contributed by atoms with van der Waals surface area (Å²) in [6.45, 7) is 0. The Morgan fingerprint density at radius 3 is 2.81 bits per heavy atom. The van der Waals surface area contributed by atoms with Gasteiger partial charge >= 0.3 is 5.97 Å². The smallest absolute Gasteiger partial charge is 0.335 e. The molecule has 0 bridgehead atoms. The fourth-order valence-corrected chi connectivity index (χ4v) is 3.19. The molecule has 0 spiro atoms. The minimum atomic E-state index is -0.950.